The number of imidazole rings is 1. The van der Waals surface area contributed by atoms with Gasteiger partial charge < -0.3 is 45.1 Å². The van der Waals surface area contributed by atoms with Gasteiger partial charge in [0.25, 0.3) is 5.56 Å². The Hall–Kier alpha value is -2.39. The normalized spacial score (nSPS) is 28.0. The van der Waals surface area contributed by atoms with Crippen LogP contribution in [-0.2, 0) is 36.8 Å². The lowest BCUT2D eigenvalue weighted by molar-refractivity contribution is -0.189. The maximum Gasteiger partial charge on any atom is 0.480 e. The van der Waals surface area contributed by atoms with E-state index >= 15 is 0 Å². The van der Waals surface area contributed by atoms with Crippen molar-refractivity contribution in [3.05, 3.63) is 28.3 Å². The van der Waals surface area contributed by atoms with Gasteiger partial charge in [0.1, 0.15) is 12.2 Å². The van der Waals surface area contributed by atoms with Gasteiger partial charge in [-0.25, -0.2) is 23.5 Å². The second kappa shape index (κ2) is 11.4. The first-order valence-corrected chi connectivity index (χ1v) is 17.0. The topological polar surface area (TPSA) is 331 Å². The summed E-state index contributed by atoms with van der Waals surface area (Å²) in [7, 11) is -16.6. The van der Waals surface area contributed by atoms with Crippen molar-refractivity contribution < 1.29 is 66.7 Å². The Morgan fingerprint density at radius 2 is 1.84 bits per heavy atom. The quantitative estimate of drug-likeness (QED) is 0.106. The van der Waals surface area contributed by atoms with Gasteiger partial charge in [0.05, 0.1) is 29.6 Å². The van der Waals surface area contributed by atoms with E-state index in [9.17, 15) is 43.4 Å². The van der Waals surface area contributed by atoms with Crippen molar-refractivity contribution in [2.45, 2.75) is 63.3 Å². The Morgan fingerprint density at radius 1 is 1.20 bits per heavy atom. The molecule has 1 saturated heterocycles. The number of nitrogens with zero attached hydrogens (tertiary/aromatic N) is 4. The van der Waals surface area contributed by atoms with Gasteiger partial charge in [-0.3, -0.25) is 18.9 Å². The number of hydrogen-bond donors (Lipinski definition) is 9. The van der Waals surface area contributed by atoms with Crippen LogP contribution in [0.15, 0.2) is 22.8 Å². The summed E-state index contributed by atoms with van der Waals surface area (Å²) >= 11 is 0. The van der Waals surface area contributed by atoms with Crippen molar-refractivity contribution >= 4 is 46.4 Å². The molecule has 0 bridgehead atoms. The predicted molar refractivity (Wildman–Crippen MR) is 144 cm³/mol. The summed E-state index contributed by atoms with van der Waals surface area (Å²) in [5.74, 6) is -1.33. The first kappa shape index (κ1) is 34.5. The number of phosphoric ester groups is 1. The molecule has 246 valence electrons. The Morgan fingerprint density at radius 3 is 2.41 bits per heavy atom. The van der Waals surface area contributed by atoms with E-state index in [1.54, 1.807) is 13.8 Å². The first-order chi connectivity index (χ1) is 19.9. The zero-order valence-electron chi connectivity index (χ0n) is 23.2. The van der Waals surface area contributed by atoms with Gasteiger partial charge in [0.2, 0.25) is 5.95 Å². The highest BCUT2D eigenvalue weighted by molar-refractivity contribution is 7.70. The number of aliphatic hydroxyl groups is 1. The van der Waals surface area contributed by atoms with E-state index < -0.39 is 77.1 Å². The maximum absolute atomic E-state index is 13.4. The molecule has 6 atom stereocenters. The van der Waals surface area contributed by atoms with E-state index in [-0.39, 0.29) is 22.7 Å². The highest BCUT2D eigenvalue weighted by Gasteiger charge is 2.53. The van der Waals surface area contributed by atoms with Crippen LogP contribution in [0, 0.1) is 0 Å². The second-order valence-electron chi connectivity index (χ2n) is 10.8. The molecule has 10 N–H and O–H groups in total. The number of ether oxygens (including phenoxy) is 2. The largest absolute Gasteiger partial charge is 0.480 e. The molecule has 2 aliphatic rings. The molecule has 4 rings (SSSR count). The van der Waals surface area contributed by atoms with E-state index in [0.717, 1.165) is 20.8 Å². The van der Waals surface area contributed by atoms with Crippen LogP contribution in [0.3, 0.4) is 0 Å². The van der Waals surface area contributed by atoms with Crippen LogP contribution in [0.4, 0.5) is 5.95 Å². The molecule has 2 aromatic rings. The molecule has 4 heterocycles. The van der Waals surface area contributed by atoms with Crippen LogP contribution >= 0.6 is 23.3 Å². The lowest BCUT2D eigenvalue weighted by Gasteiger charge is -2.35. The lowest BCUT2D eigenvalue weighted by Crippen LogP contribution is -2.49. The molecular formula is C19H30N7O15P3. The van der Waals surface area contributed by atoms with Crippen molar-refractivity contribution in [3.8, 4) is 0 Å². The van der Waals surface area contributed by atoms with E-state index in [1.165, 1.54) is 19.9 Å². The summed E-state index contributed by atoms with van der Waals surface area (Å²) in [6.45, 7) is 5.24. The number of nitrogens with two attached hydrogens (primary N) is 1. The second-order valence-corrected chi connectivity index (χ2v) is 15.6. The third kappa shape index (κ3) is 7.04. The average molecular weight is 689 g/mol. The Labute approximate surface area is 246 Å². The SMILES string of the molecule is CC1(C)C=C(C(=O)O[C@@H]2[C@H](O)[C@@H](COP(=O)(O)OP(=O)(O)NP(=O)(O)O)O[C@H]2n2cnc3c(=O)[nH]c(N)nc32)C(C)(C)N1O. The van der Waals surface area contributed by atoms with Gasteiger partial charge >= 0.3 is 29.3 Å². The number of aromatic amines is 1. The molecule has 0 aromatic carbocycles. The van der Waals surface area contributed by atoms with Gasteiger partial charge in [-0.05, 0) is 27.7 Å². The van der Waals surface area contributed by atoms with E-state index in [1.807, 2.05) is 0 Å². The summed E-state index contributed by atoms with van der Waals surface area (Å²) < 4.78 is 56.1. The van der Waals surface area contributed by atoms with Crippen molar-refractivity contribution in [2.24, 2.45) is 0 Å². The molecule has 0 aliphatic carbocycles. The summed E-state index contributed by atoms with van der Waals surface area (Å²) in [4.78, 5) is 73.7. The molecule has 0 saturated carbocycles. The Bertz CT molecular complexity index is 1700. The van der Waals surface area contributed by atoms with Crippen LogP contribution in [-0.4, -0.2) is 96.4 Å². The number of rotatable bonds is 10. The summed E-state index contributed by atoms with van der Waals surface area (Å²) in [5, 5.41) is 22.6. The molecule has 2 unspecified atom stereocenters. The molecule has 44 heavy (non-hydrogen) atoms. The fourth-order valence-corrected chi connectivity index (χ4v) is 8.21. The number of nitrogens with one attached hydrogen (secondary N) is 2. The Balaban J connectivity index is 1.64. The number of aliphatic hydroxyl groups excluding tert-OH is 1. The van der Waals surface area contributed by atoms with Gasteiger partial charge in [0, 0.05) is 0 Å². The number of H-pyrrole nitrogens is 1. The molecule has 1 fully saturated rings. The number of aromatic nitrogens is 4. The minimum atomic E-state index is -5.59. The molecule has 25 heteroatoms. The van der Waals surface area contributed by atoms with Gasteiger partial charge in [-0.15, -0.1) is 4.86 Å². The number of phosphoric acid groups is 1. The number of nitrogen functional groups attached to an aromatic ring is 1. The van der Waals surface area contributed by atoms with Crippen LogP contribution < -0.4 is 16.2 Å². The number of hydrogen-bond acceptors (Lipinski definition) is 15. The van der Waals surface area contributed by atoms with E-state index in [0.29, 0.717) is 0 Å². The summed E-state index contributed by atoms with van der Waals surface area (Å²) in [6, 6.07) is 0. The lowest BCUT2D eigenvalue weighted by atomic mass is 9.96. The minimum Gasteiger partial charge on any atom is -0.451 e. The van der Waals surface area contributed by atoms with Crippen molar-refractivity contribution in [1.82, 2.24) is 29.4 Å². The molecule has 22 nitrogen and oxygen atoms in total. The van der Waals surface area contributed by atoms with Gasteiger partial charge in [0.15, 0.2) is 23.5 Å². The van der Waals surface area contributed by atoms with Crippen molar-refractivity contribution in [3.63, 3.8) is 0 Å². The molecular weight excluding hydrogens is 659 g/mol. The fraction of sp³-hybridized carbons (Fsp3) is 0.579. The molecule has 0 amide bonds. The van der Waals surface area contributed by atoms with Crippen molar-refractivity contribution in [2.75, 3.05) is 12.3 Å². The molecule has 2 aromatic heterocycles. The number of anilines is 1. The zero-order valence-corrected chi connectivity index (χ0v) is 25.9. The number of fused-ring (bicyclic) bond motifs is 1. The van der Waals surface area contributed by atoms with Crippen LogP contribution in [0.25, 0.3) is 11.2 Å². The van der Waals surface area contributed by atoms with E-state index in [2.05, 4.69) is 23.8 Å². The van der Waals surface area contributed by atoms with E-state index in [4.69, 9.17) is 25.0 Å². The smallest absolute Gasteiger partial charge is 0.451 e. The standard InChI is InChI=1S/C19H30N7O15P3/c1-18(2)5-8(19(3,4)26(18)30)16(29)40-12-11(27)9(6-38-44(36,37)41-43(34,35)24-42(31,32)33)39-15(12)25-7-21-10-13(25)22-17(20)23-14(10)28/h5,7,9,11-12,15,27,30H,6H2,1-4H3,(H,36,37)(H3,20,22,23,28)(H4,24,31,32,33,34,35)/t9-,11-,12-,15-/m1/s1. The molecule has 0 spiro atoms. The van der Waals surface area contributed by atoms with Crippen LogP contribution in [0.5, 0.6) is 0 Å². The Kier molecular flexibility index (Phi) is 8.97. The highest BCUT2D eigenvalue weighted by Crippen LogP contribution is 2.61. The highest BCUT2D eigenvalue weighted by atomic mass is 31.3. The minimum absolute atomic E-state index is 0.00512. The summed E-state index contributed by atoms with van der Waals surface area (Å²) in [6.07, 6.45) is -4.21. The number of carbonyl (C=O) groups is 1. The van der Waals surface area contributed by atoms with Gasteiger partial charge in [-0.2, -0.15) is 14.4 Å². The van der Waals surface area contributed by atoms with Crippen molar-refractivity contribution in [1.29, 1.82) is 0 Å². The third-order valence-corrected chi connectivity index (χ3v) is 10.8. The maximum atomic E-state index is 13.4. The first-order valence-electron chi connectivity index (χ1n) is 12.3. The van der Waals surface area contributed by atoms with Gasteiger partial charge in [-0.1, -0.05) is 6.08 Å². The molecule has 2 aliphatic heterocycles. The molecule has 0 radical (unpaired) electrons. The monoisotopic (exact) mass is 689 g/mol. The zero-order chi connectivity index (χ0) is 33.2. The fourth-order valence-electron chi connectivity index (χ4n) is 4.77. The predicted octanol–water partition coefficient (Wildman–Crippen LogP) is -1.02. The number of carbonyl (C=O) groups excluding carboxylic acids is 1. The third-order valence-electron chi connectivity index (χ3n) is 6.61. The van der Waals surface area contributed by atoms with Crippen LogP contribution in [0.2, 0.25) is 0 Å². The number of esters is 1. The average Bonchev–Trinajstić information content (AvgIpc) is 3.43. The van der Waals surface area contributed by atoms with Crippen LogP contribution in [0.1, 0.15) is 33.9 Å². The number of hydroxylamine groups is 2. The summed E-state index contributed by atoms with van der Waals surface area (Å²) in [5.41, 5.74) is 2.26.